The Bertz CT molecular complexity index is 1780. The van der Waals surface area contributed by atoms with Gasteiger partial charge in [-0.05, 0) is 48.2 Å². The molecule has 3 aromatic carbocycles. The van der Waals surface area contributed by atoms with Crippen molar-refractivity contribution in [1.82, 2.24) is 19.1 Å². The molecule has 2 unspecified atom stereocenters. The van der Waals surface area contributed by atoms with Gasteiger partial charge in [0, 0.05) is 6.07 Å². The highest BCUT2D eigenvalue weighted by molar-refractivity contribution is 7.89. The van der Waals surface area contributed by atoms with E-state index in [4.69, 9.17) is 27.9 Å². The molecule has 3 heterocycles. The smallest absolute Gasteiger partial charge is 0.349 e. The maximum atomic E-state index is 13.8. The number of H-pyrrole nitrogens is 1. The first kappa shape index (κ1) is 24.7. The molecule has 1 saturated heterocycles. The third kappa shape index (κ3) is 3.90. The molecule has 2 bridgehead atoms. The Kier molecular flexibility index (Phi) is 5.84. The zero-order valence-electron chi connectivity index (χ0n) is 19.3. The number of aromatic amines is 1. The highest BCUT2D eigenvalue weighted by atomic mass is 35.5. The van der Waals surface area contributed by atoms with Gasteiger partial charge in [-0.3, -0.25) is 9.78 Å². The molecular weight excluding hydrogens is 555 g/mol. The minimum absolute atomic E-state index is 0.00193. The normalized spacial score (nSPS) is 18.5. The van der Waals surface area contributed by atoms with Gasteiger partial charge in [-0.2, -0.15) is 14.1 Å². The second-order valence-corrected chi connectivity index (χ2v) is 11.5. The van der Waals surface area contributed by atoms with E-state index in [0.29, 0.717) is 12.8 Å². The number of rotatable bonds is 5. The van der Waals surface area contributed by atoms with Crippen LogP contribution in [0.15, 0.2) is 75.3 Å². The van der Waals surface area contributed by atoms with E-state index in [-0.39, 0.29) is 44.2 Å². The van der Waals surface area contributed by atoms with Crippen LogP contribution in [0.1, 0.15) is 36.1 Å². The molecule has 2 atom stereocenters. The standard InChI is InChI=1S/C25H18Cl2N4O6S/c26-17-9-13(30-25(34)29-23(33)12-28-30)10-18(27)24(17)37-14-5-8-21(32)22(11-14)38(35,36)31-19-6-7-20(31)16-4-2-1-3-15(16)19/h1-5,8-12,19-20,32H,6-7H2,(H,29,33,34). The van der Waals surface area contributed by atoms with Gasteiger partial charge >= 0.3 is 5.69 Å². The van der Waals surface area contributed by atoms with Crippen molar-refractivity contribution in [3.8, 4) is 22.9 Å². The molecular formula is C25H18Cl2N4O6S. The monoisotopic (exact) mass is 572 g/mol. The first-order valence-electron chi connectivity index (χ1n) is 11.5. The van der Waals surface area contributed by atoms with E-state index in [9.17, 15) is 23.1 Å². The average Bonchev–Trinajstić information content (AvgIpc) is 3.46. The molecule has 0 aliphatic carbocycles. The van der Waals surface area contributed by atoms with Gasteiger partial charge in [0.05, 0.1) is 27.8 Å². The Labute approximate surface area is 225 Å². The van der Waals surface area contributed by atoms with Gasteiger partial charge in [-0.25, -0.2) is 13.2 Å². The van der Waals surface area contributed by atoms with Crippen molar-refractivity contribution >= 4 is 33.2 Å². The number of aromatic hydroxyl groups is 1. The summed E-state index contributed by atoms with van der Waals surface area (Å²) in [7, 11) is -4.10. The van der Waals surface area contributed by atoms with Crippen LogP contribution in [0.25, 0.3) is 5.69 Å². The van der Waals surface area contributed by atoms with Crippen LogP contribution in [0.2, 0.25) is 10.0 Å². The minimum Gasteiger partial charge on any atom is -0.507 e. The number of sulfonamides is 1. The van der Waals surface area contributed by atoms with Crippen LogP contribution in [-0.2, 0) is 10.0 Å². The Hall–Kier alpha value is -3.64. The summed E-state index contributed by atoms with van der Waals surface area (Å²) < 4.78 is 35.7. The first-order valence-corrected chi connectivity index (χ1v) is 13.7. The number of benzene rings is 3. The fourth-order valence-electron chi connectivity index (χ4n) is 5.12. The number of aromatic nitrogens is 3. The molecule has 10 nitrogen and oxygen atoms in total. The number of hydrogen-bond donors (Lipinski definition) is 2. The topological polar surface area (TPSA) is 135 Å². The van der Waals surface area contributed by atoms with Gasteiger partial charge in [0.25, 0.3) is 5.56 Å². The lowest BCUT2D eigenvalue weighted by atomic mass is 9.92. The van der Waals surface area contributed by atoms with E-state index in [2.05, 4.69) is 10.1 Å². The highest BCUT2D eigenvalue weighted by Gasteiger charge is 2.50. The van der Waals surface area contributed by atoms with Gasteiger partial charge in [0.1, 0.15) is 22.6 Å². The van der Waals surface area contributed by atoms with E-state index in [1.807, 2.05) is 24.3 Å². The van der Waals surface area contributed by atoms with Crippen LogP contribution in [-0.4, -0.2) is 32.6 Å². The van der Waals surface area contributed by atoms with E-state index in [0.717, 1.165) is 22.0 Å². The number of halogens is 2. The van der Waals surface area contributed by atoms with Gasteiger partial charge in [0.15, 0.2) is 5.75 Å². The average molecular weight is 573 g/mol. The predicted octanol–water partition coefficient (Wildman–Crippen LogP) is 4.31. The number of phenolic OH excluding ortho intramolecular Hbond substituents is 1. The summed E-state index contributed by atoms with van der Waals surface area (Å²) in [6, 6.07) is 13.6. The predicted molar refractivity (Wildman–Crippen MR) is 139 cm³/mol. The molecule has 1 fully saturated rings. The van der Waals surface area contributed by atoms with Gasteiger partial charge in [-0.1, -0.05) is 47.5 Å². The number of phenols is 1. The summed E-state index contributed by atoms with van der Waals surface area (Å²) in [4.78, 5) is 25.2. The van der Waals surface area contributed by atoms with Crippen molar-refractivity contribution in [1.29, 1.82) is 0 Å². The number of hydrogen-bond acceptors (Lipinski definition) is 7. The van der Waals surface area contributed by atoms with Gasteiger partial charge < -0.3 is 9.84 Å². The lowest BCUT2D eigenvalue weighted by Crippen LogP contribution is -2.30. The summed E-state index contributed by atoms with van der Waals surface area (Å²) in [6.07, 6.45) is 2.32. The van der Waals surface area contributed by atoms with E-state index in [1.165, 1.54) is 34.6 Å². The largest absolute Gasteiger partial charge is 0.507 e. The van der Waals surface area contributed by atoms with Crippen molar-refractivity contribution in [2.45, 2.75) is 29.8 Å². The molecule has 0 radical (unpaired) electrons. The van der Waals surface area contributed by atoms with E-state index < -0.39 is 27.0 Å². The minimum atomic E-state index is -4.10. The molecule has 2 N–H and O–H groups in total. The Morgan fingerprint density at radius 3 is 2.21 bits per heavy atom. The molecule has 13 heteroatoms. The third-order valence-electron chi connectivity index (χ3n) is 6.69. The molecule has 1 aromatic heterocycles. The van der Waals surface area contributed by atoms with Crippen molar-refractivity contribution < 1.29 is 18.3 Å². The van der Waals surface area contributed by atoms with Crippen molar-refractivity contribution in [2.24, 2.45) is 0 Å². The van der Waals surface area contributed by atoms with Crippen molar-refractivity contribution in [3.63, 3.8) is 0 Å². The highest BCUT2D eigenvalue weighted by Crippen LogP contribution is 2.56. The van der Waals surface area contributed by atoms with E-state index >= 15 is 0 Å². The van der Waals surface area contributed by atoms with E-state index in [1.54, 1.807) is 0 Å². The molecule has 2 aliphatic rings. The lowest BCUT2D eigenvalue weighted by molar-refractivity contribution is 0.361. The number of fused-ring (bicyclic) bond motifs is 5. The SMILES string of the molecule is O=c1cnn(-c2cc(Cl)c(Oc3ccc(O)c(S(=O)(=O)N4C5CCC4c4ccccc45)c3)c(Cl)c2)c(=O)[nH]1. The van der Waals surface area contributed by atoms with Crippen LogP contribution < -0.4 is 16.0 Å². The molecule has 0 spiro atoms. The molecule has 0 saturated carbocycles. The Morgan fingerprint density at radius 2 is 1.61 bits per heavy atom. The molecule has 6 rings (SSSR count). The molecule has 2 aliphatic heterocycles. The maximum Gasteiger partial charge on any atom is 0.349 e. The summed E-state index contributed by atoms with van der Waals surface area (Å²) in [6.45, 7) is 0. The first-order chi connectivity index (χ1) is 18.1. The Balaban J connectivity index is 1.34. The van der Waals surface area contributed by atoms with Crippen LogP contribution in [0, 0.1) is 0 Å². The maximum absolute atomic E-state index is 13.8. The van der Waals surface area contributed by atoms with Crippen molar-refractivity contribution in [3.05, 3.63) is 103 Å². The number of nitrogens with one attached hydrogen (secondary N) is 1. The number of ether oxygens (including phenoxy) is 1. The fraction of sp³-hybridized carbons (Fsp3) is 0.160. The summed E-state index contributed by atoms with van der Waals surface area (Å²) in [5.41, 5.74) is 0.687. The van der Waals surface area contributed by atoms with Crippen LogP contribution in [0.4, 0.5) is 0 Å². The molecule has 38 heavy (non-hydrogen) atoms. The van der Waals surface area contributed by atoms with Crippen molar-refractivity contribution in [2.75, 3.05) is 0 Å². The van der Waals surface area contributed by atoms with Gasteiger partial charge in [0.2, 0.25) is 10.0 Å². The fourth-order valence-corrected chi connectivity index (χ4v) is 7.61. The lowest BCUT2D eigenvalue weighted by Gasteiger charge is -2.23. The summed E-state index contributed by atoms with van der Waals surface area (Å²) >= 11 is 12.8. The molecule has 4 aromatic rings. The van der Waals surface area contributed by atoms with Crippen LogP contribution in [0.5, 0.6) is 17.2 Å². The third-order valence-corrected chi connectivity index (χ3v) is 9.20. The molecule has 0 amide bonds. The summed E-state index contributed by atoms with van der Waals surface area (Å²) in [5, 5.41) is 14.3. The van der Waals surface area contributed by atoms with Crippen LogP contribution in [0.3, 0.4) is 0 Å². The zero-order valence-corrected chi connectivity index (χ0v) is 21.7. The zero-order chi connectivity index (χ0) is 26.8. The summed E-state index contributed by atoms with van der Waals surface area (Å²) in [5.74, 6) is -0.345. The Morgan fingerprint density at radius 1 is 0.974 bits per heavy atom. The second-order valence-electron chi connectivity index (χ2n) is 8.89. The second kappa shape index (κ2) is 8.98. The van der Waals surface area contributed by atoms with Crippen LogP contribution >= 0.6 is 23.2 Å². The quantitative estimate of drug-likeness (QED) is 0.364. The van der Waals surface area contributed by atoms with Gasteiger partial charge in [-0.15, -0.1) is 0 Å². The number of nitrogens with zero attached hydrogens (tertiary/aromatic N) is 3. The molecule has 194 valence electrons.